The van der Waals surface area contributed by atoms with Crippen LogP contribution in [0, 0.1) is 5.92 Å². The van der Waals surface area contributed by atoms with Gasteiger partial charge >= 0.3 is 0 Å². The van der Waals surface area contributed by atoms with Gasteiger partial charge in [-0.05, 0) is 52.4 Å². The Kier molecular flexibility index (Phi) is 4.68. The first-order valence-corrected chi connectivity index (χ1v) is 7.58. The number of benzene rings is 1. The molecular formula is C15H23BrN2. The summed E-state index contributed by atoms with van der Waals surface area (Å²) in [5.74, 6) is 0.679. The summed E-state index contributed by atoms with van der Waals surface area (Å²) in [4.78, 5) is 2.31. The summed E-state index contributed by atoms with van der Waals surface area (Å²) in [5.41, 5.74) is 2.63. The number of nitrogens with zero attached hydrogens (tertiary/aromatic N) is 1. The van der Waals surface area contributed by atoms with Gasteiger partial charge in [0, 0.05) is 30.7 Å². The Morgan fingerprint density at radius 3 is 2.67 bits per heavy atom. The van der Waals surface area contributed by atoms with Gasteiger partial charge in [0.2, 0.25) is 0 Å². The molecule has 0 spiro atoms. The summed E-state index contributed by atoms with van der Waals surface area (Å²) in [6.45, 7) is 6.56. The number of hydrogen-bond acceptors (Lipinski definition) is 2. The SMILES string of the molecule is CC(C)CN(C)c1ccc(CNC2CC2)cc1Br. The summed E-state index contributed by atoms with van der Waals surface area (Å²) in [7, 11) is 2.15. The zero-order chi connectivity index (χ0) is 13.1. The van der Waals surface area contributed by atoms with E-state index < -0.39 is 0 Å². The largest absolute Gasteiger partial charge is 0.373 e. The number of rotatable bonds is 6. The molecule has 2 nitrogen and oxygen atoms in total. The minimum absolute atomic E-state index is 0.679. The van der Waals surface area contributed by atoms with Crippen molar-refractivity contribution in [2.45, 2.75) is 39.3 Å². The van der Waals surface area contributed by atoms with Crippen molar-refractivity contribution in [2.75, 3.05) is 18.5 Å². The normalized spacial score (nSPS) is 15.2. The van der Waals surface area contributed by atoms with Gasteiger partial charge in [-0.25, -0.2) is 0 Å². The van der Waals surface area contributed by atoms with E-state index in [4.69, 9.17) is 0 Å². The fourth-order valence-electron chi connectivity index (χ4n) is 2.17. The monoisotopic (exact) mass is 310 g/mol. The molecule has 1 aliphatic rings. The first-order chi connectivity index (χ1) is 8.56. The van der Waals surface area contributed by atoms with E-state index >= 15 is 0 Å². The fourth-order valence-corrected chi connectivity index (χ4v) is 2.89. The van der Waals surface area contributed by atoms with Gasteiger partial charge in [-0.3, -0.25) is 0 Å². The molecule has 1 aromatic rings. The van der Waals surface area contributed by atoms with E-state index in [9.17, 15) is 0 Å². The minimum Gasteiger partial charge on any atom is -0.373 e. The van der Waals surface area contributed by atoms with Crippen LogP contribution in [0.25, 0.3) is 0 Å². The van der Waals surface area contributed by atoms with Crippen molar-refractivity contribution < 1.29 is 0 Å². The Morgan fingerprint density at radius 2 is 2.11 bits per heavy atom. The molecule has 0 aromatic heterocycles. The summed E-state index contributed by atoms with van der Waals surface area (Å²) in [6, 6.07) is 7.46. The molecule has 1 N–H and O–H groups in total. The Bertz CT molecular complexity index is 399. The van der Waals surface area contributed by atoms with Gasteiger partial charge in [0.25, 0.3) is 0 Å². The van der Waals surface area contributed by atoms with E-state index in [2.05, 4.69) is 65.2 Å². The maximum atomic E-state index is 3.69. The van der Waals surface area contributed by atoms with Crippen molar-refractivity contribution in [3.8, 4) is 0 Å². The predicted molar refractivity (Wildman–Crippen MR) is 82.1 cm³/mol. The van der Waals surface area contributed by atoms with Gasteiger partial charge < -0.3 is 10.2 Å². The third-order valence-electron chi connectivity index (χ3n) is 3.23. The van der Waals surface area contributed by atoms with Crippen LogP contribution in [-0.2, 0) is 6.54 Å². The minimum atomic E-state index is 0.679. The summed E-state index contributed by atoms with van der Waals surface area (Å²) in [5, 5.41) is 3.55. The van der Waals surface area contributed by atoms with Crippen LogP contribution in [0.5, 0.6) is 0 Å². The molecular weight excluding hydrogens is 288 g/mol. The molecule has 0 radical (unpaired) electrons. The van der Waals surface area contributed by atoms with Crippen molar-refractivity contribution in [1.82, 2.24) is 5.32 Å². The van der Waals surface area contributed by atoms with Crippen molar-refractivity contribution in [3.05, 3.63) is 28.2 Å². The molecule has 1 saturated carbocycles. The lowest BCUT2D eigenvalue weighted by molar-refractivity contribution is 0.637. The number of anilines is 1. The molecule has 1 fully saturated rings. The van der Waals surface area contributed by atoms with Gasteiger partial charge in [0.15, 0.2) is 0 Å². The van der Waals surface area contributed by atoms with E-state index in [0.717, 1.165) is 19.1 Å². The Morgan fingerprint density at radius 1 is 1.39 bits per heavy atom. The van der Waals surface area contributed by atoms with Crippen molar-refractivity contribution in [1.29, 1.82) is 0 Å². The quantitative estimate of drug-likeness (QED) is 0.860. The van der Waals surface area contributed by atoms with Crippen LogP contribution >= 0.6 is 15.9 Å². The average Bonchev–Trinajstić information content (AvgIpc) is 3.09. The van der Waals surface area contributed by atoms with Gasteiger partial charge in [0.05, 0.1) is 5.69 Å². The van der Waals surface area contributed by atoms with Crippen LogP contribution < -0.4 is 10.2 Å². The molecule has 0 heterocycles. The summed E-state index contributed by atoms with van der Waals surface area (Å²) in [6.07, 6.45) is 2.69. The smallest absolute Gasteiger partial charge is 0.0508 e. The molecule has 1 aromatic carbocycles. The molecule has 0 unspecified atom stereocenters. The lowest BCUT2D eigenvalue weighted by Gasteiger charge is -2.23. The molecule has 100 valence electrons. The van der Waals surface area contributed by atoms with E-state index in [0.29, 0.717) is 5.92 Å². The topological polar surface area (TPSA) is 15.3 Å². The maximum absolute atomic E-state index is 3.69. The Hall–Kier alpha value is -0.540. The highest BCUT2D eigenvalue weighted by molar-refractivity contribution is 9.10. The van der Waals surface area contributed by atoms with Crippen LogP contribution in [-0.4, -0.2) is 19.6 Å². The molecule has 0 aliphatic heterocycles. The average molecular weight is 311 g/mol. The summed E-state index contributed by atoms with van der Waals surface area (Å²) >= 11 is 3.69. The second-order valence-corrected chi connectivity index (χ2v) is 6.57. The molecule has 0 bridgehead atoms. The van der Waals surface area contributed by atoms with Gasteiger partial charge in [-0.15, -0.1) is 0 Å². The zero-order valence-electron chi connectivity index (χ0n) is 11.5. The molecule has 18 heavy (non-hydrogen) atoms. The standard InChI is InChI=1S/C15H23BrN2/c1-11(2)10-18(3)15-7-4-12(8-14(15)16)9-17-13-5-6-13/h4,7-8,11,13,17H,5-6,9-10H2,1-3H3. The lowest BCUT2D eigenvalue weighted by Crippen LogP contribution is -2.23. The first kappa shape index (κ1) is 13.9. The van der Waals surface area contributed by atoms with Crippen LogP contribution in [0.3, 0.4) is 0 Å². The zero-order valence-corrected chi connectivity index (χ0v) is 13.1. The third kappa shape index (κ3) is 3.99. The molecule has 0 atom stereocenters. The highest BCUT2D eigenvalue weighted by Gasteiger charge is 2.20. The fraction of sp³-hybridized carbons (Fsp3) is 0.600. The van der Waals surface area contributed by atoms with Gasteiger partial charge in [-0.1, -0.05) is 19.9 Å². The van der Waals surface area contributed by atoms with Crippen molar-refractivity contribution >= 4 is 21.6 Å². The van der Waals surface area contributed by atoms with Crippen LogP contribution in [0.1, 0.15) is 32.3 Å². The molecule has 0 amide bonds. The Balaban J connectivity index is 1.99. The van der Waals surface area contributed by atoms with Crippen LogP contribution in [0.15, 0.2) is 22.7 Å². The van der Waals surface area contributed by atoms with E-state index in [1.54, 1.807) is 0 Å². The lowest BCUT2D eigenvalue weighted by atomic mass is 10.1. The molecule has 0 saturated heterocycles. The molecule has 1 aliphatic carbocycles. The predicted octanol–water partition coefficient (Wildman–Crippen LogP) is 3.79. The third-order valence-corrected chi connectivity index (χ3v) is 3.87. The first-order valence-electron chi connectivity index (χ1n) is 6.79. The Labute approximate surface area is 119 Å². The second-order valence-electron chi connectivity index (χ2n) is 5.72. The molecule has 3 heteroatoms. The van der Waals surface area contributed by atoms with Crippen molar-refractivity contribution in [3.63, 3.8) is 0 Å². The number of nitrogens with one attached hydrogen (secondary N) is 1. The van der Waals surface area contributed by atoms with Crippen molar-refractivity contribution in [2.24, 2.45) is 5.92 Å². The van der Waals surface area contributed by atoms with E-state index in [-0.39, 0.29) is 0 Å². The highest BCUT2D eigenvalue weighted by atomic mass is 79.9. The van der Waals surface area contributed by atoms with Crippen LogP contribution in [0.2, 0.25) is 0 Å². The number of hydrogen-bond donors (Lipinski definition) is 1. The summed E-state index contributed by atoms with van der Waals surface area (Å²) < 4.78 is 1.20. The second kappa shape index (κ2) is 6.07. The van der Waals surface area contributed by atoms with Gasteiger partial charge in [-0.2, -0.15) is 0 Å². The maximum Gasteiger partial charge on any atom is 0.0508 e. The van der Waals surface area contributed by atoms with E-state index in [1.165, 1.54) is 28.6 Å². The number of halogens is 1. The molecule has 2 rings (SSSR count). The van der Waals surface area contributed by atoms with Gasteiger partial charge in [0.1, 0.15) is 0 Å². The highest BCUT2D eigenvalue weighted by Crippen LogP contribution is 2.27. The van der Waals surface area contributed by atoms with Crippen LogP contribution in [0.4, 0.5) is 5.69 Å². The van der Waals surface area contributed by atoms with E-state index in [1.807, 2.05) is 0 Å².